The normalized spacial score (nSPS) is 34.9. The van der Waals surface area contributed by atoms with E-state index in [0.29, 0.717) is 22.9 Å². The van der Waals surface area contributed by atoms with Crippen molar-refractivity contribution in [2.45, 2.75) is 37.3 Å². The maximum atomic E-state index is 11.2. The van der Waals surface area contributed by atoms with Crippen LogP contribution >= 0.6 is 24.0 Å². The van der Waals surface area contributed by atoms with Crippen LogP contribution in [0.3, 0.4) is 0 Å². The third-order valence-electron chi connectivity index (χ3n) is 5.10. The second-order valence-corrected chi connectivity index (χ2v) is 6.91. The molecule has 1 aromatic carbocycles. The molecule has 4 rings (SSSR count). The zero-order chi connectivity index (χ0) is 13.9. The van der Waals surface area contributed by atoms with Crippen LogP contribution in [0.1, 0.15) is 31.2 Å². The van der Waals surface area contributed by atoms with E-state index >= 15 is 0 Å². The molecule has 1 aromatic heterocycles. The first-order valence-electron chi connectivity index (χ1n) is 7.16. The van der Waals surface area contributed by atoms with Crippen molar-refractivity contribution < 1.29 is 5.11 Å². The molecule has 0 amide bonds. The Morgan fingerprint density at radius 1 is 1.29 bits per heavy atom. The van der Waals surface area contributed by atoms with E-state index in [-0.39, 0.29) is 12.4 Å². The van der Waals surface area contributed by atoms with Crippen molar-refractivity contribution in [2.24, 2.45) is 17.6 Å². The molecule has 4 nitrogen and oxygen atoms in total. The van der Waals surface area contributed by atoms with Gasteiger partial charge in [0.15, 0.2) is 0 Å². The van der Waals surface area contributed by atoms with Crippen molar-refractivity contribution >= 4 is 34.9 Å². The summed E-state index contributed by atoms with van der Waals surface area (Å²) in [6, 6.07) is 4.05. The maximum absolute atomic E-state index is 11.2. The minimum absolute atomic E-state index is 0. The van der Waals surface area contributed by atoms with Gasteiger partial charge in [-0.15, -0.1) is 12.4 Å². The summed E-state index contributed by atoms with van der Waals surface area (Å²) in [6.45, 7) is 0. The Bertz CT molecular complexity index is 658. The highest BCUT2D eigenvalue weighted by Gasteiger charge is 2.49. The van der Waals surface area contributed by atoms with Gasteiger partial charge in [-0.3, -0.25) is 5.10 Å². The van der Waals surface area contributed by atoms with Crippen LogP contribution in [0.25, 0.3) is 10.9 Å². The molecule has 6 heteroatoms. The van der Waals surface area contributed by atoms with Gasteiger partial charge in [0.2, 0.25) is 0 Å². The second-order valence-electron chi connectivity index (χ2n) is 6.48. The summed E-state index contributed by atoms with van der Waals surface area (Å²) in [5.41, 5.74) is 7.04. The quantitative estimate of drug-likeness (QED) is 0.753. The van der Waals surface area contributed by atoms with Gasteiger partial charge in [-0.2, -0.15) is 5.10 Å². The largest absolute Gasteiger partial charge is 0.385 e. The van der Waals surface area contributed by atoms with E-state index in [0.717, 1.165) is 42.1 Å². The van der Waals surface area contributed by atoms with Gasteiger partial charge in [-0.25, -0.2) is 0 Å². The molecule has 2 aliphatic rings. The highest BCUT2D eigenvalue weighted by atomic mass is 35.5. The third kappa shape index (κ3) is 2.34. The standard InChI is InChI=1S/C15H18ClN3O.ClH/c16-10-3-13(12-7-18-19-14(12)4-10)15(20)5-8-1-11(17)2-9(8)6-15;/h3-4,7-9,11,20H,1-2,5-6,17H2,(H,18,19);1H/t8-,9+,11?,15?;. The molecule has 0 saturated heterocycles. The minimum Gasteiger partial charge on any atom is -0.385 e. The summed E-state index contributed by atoms with van der Waals surface area (Å²) < 4.78 is 0. The average Bonchev–Trinajstić information content (AvgIpc) is 3.01. The number of nitrogens with zero attached hydrogens (tertiary/aromatic N) is 1. The van der Waals surface area contributed by atoms with Gasteiger partial charge >= 0.3 is 0 Å². The molecule has 2 saturated carbocycles. The summed E-state index contributed by atoms with van der Waals surface area (Å²) in [4.78, 5) is 0. The Morgan fingerprint density at radius 3 is 2.62 bits per heavy atom. The average molecular weight is 328 g/mol. The van der Waals surface area contributed by atoms with Crippen LogP contribution in [0.4, 0.5) is 0 Å². The number of halogens is 2. The fourth-order valence-electron chi connectivity index (χ4n) is 4.33. The van der Waals surface area contributed by atoms with E-state index in [1.54, 1.807) is 6.20 Å². The van der Waals surface area contributed by atoms with Gasteiger partial charge in [0, 0.05) is 16.5 Å². The van der Waals surface area contributed by atoms with E-state index in [9.17, 15) is 5.11 Å². The molecule has 0 radical (unpaired) electrons. The maximum Gasteiger partial charge on any atom is 0.0909 e. The number of aromatic amines is 1. The lowest BCUT2D eigenvalue weighted by molar-refractivity contribution is 0.0361. The van der Waals surface area contributed by atoms with Crippen LogP contribution in [0.15, 0.2) is 18.3 Å². The van der Waals surface area contributed by atoms with Gasteiger partial charge < -0.3 is 10.8 Å². The molecule has 2 aromatic rings. The molecule has 2 aliphatic carbocycles. The number of aromatic nitrogens is 2. The molecule has 1 heterocycles. The molecule has 2 fully saturated rings. The monoisotopic (exact) mass is 327 g/mol. The topological polar surface area (TPSA) is 74.9 Å². The highest BCUT2D eigenvalue weighted by Crippen LogP contribution is 2.53. The Hall–Kier alpha value is -0.810. The van der Waals surface area contributed by atoms with Crippen LogP contribution in [-0.4, -0.2) is 21.3 Å². The lowest BCUT2D eigenvalue weighted by Crippen LogP contribution is -2.25. The molecule has 2 unspecified atom stereocenters. The van der Waals surface area contributed by atoms with Crippen molar-refractivity contribution in [2.75, 3.05) is 0 Å². The molecular formula is C15H19Cl2N3O. The van der Waals surface area contributed by atoms with Crippen molar-refractivity contribution in [3.05, 3.63) is 28.9 Å². The zero-order valence-electron chi connectivity index (χ0n) is 11.6. The Kier molecular flexibility index (Phi) is 3.69. The van der Waals surface area contributed by atoms with Gasteiger partial charge in [0.05, 0.1) is 17.3 Å². The molecule has 4 N–H and O–H groups in total. The first-order chi connectivity index (χ1) is 9.55. The number of H-pyrrole nitrogens is 1. The highest BCUT2D eigenvalue weighted by molar-refractivity contribution is 6.31. The van der Waals surface area contributed by atoms with Crippen molar-refractivity contribution in [3.8, 4) is 0 Å². The number of hydrogen-bond acceptors (Lipinski definition) is 3. The van der Waals surface area contributed by atoms with Crippen molar-refractivity contribution in [3.63, 3.8) is 0 Å². The van der Waals surface area contributed by atoms with Crippen LogP contribution < -0.4 is 5.73 Å². The Labute approximate surface area is 134 Å². The third-order valence-corrected chi connectivity index (χ3v) is 5.32. The fraction of sp³-hybridized carbons (Fsp3) is 0.533. The van der Waals surface area contributed by atoms with E-state index in [4.69, 9.17) is 17.3 Å². The van der Waals surface area contributed by atoms with Crippen LogP contribution in [-0.2, 0) is 5.60 Å². The van der Waals surface area contributed by atoms with Crippen LogP contribution in [0.5, 0.6) is 0 Å². The smallest absolute Gasteiger partial charge is 0.0909 e. The fourth-order valence-corrected chi connectivity index (χ4v) is 4.55. The van der Waals surface area contributed by atoms with Gasteiger partial charge in [-0.1, -0.05) is 11.6 Å². The Morgan fingerprint density at radius 2 is 1.95 bits per heavy atom. The Balaban J connectivity index is 0.00000132. The number of rotatable bonds is 1. The predicted octanol–water partition coefficient (Wildman–Crippen LogP) is 2.97. The van der Waals surface area contributed by atoms with E-state index < -0.39 is 5.60 Å². The molecule has 21 heavy (non-hydrogen) atoms. The number of aliphatic hydroxyl groups is 1. The number of nitrogens with two attached hydrogens (primary N) is 1. The molecule has 0 spiro atoms. The van der Waals surface area contributed by atoms with E-state index in [1.165, 1.54) is 0 Å². The van der Waals surface area contributed by atoms with E-state index in [2.05, 4.69) is 10.2 Å². The van der Waals surface area contributed by atoms with Gasteiger partial charge in [-0.05, 0) is 55.2 Å². The number of nitrogens with one attached hydrogen (secondary N) is 1. The summed E-state index contributed by atoms with van der Waals surface area (Å²) in [6.07, 6.45) is 5.40. The minimum atomic E-state index is -0.789. The van der Waals surface area contributed by atoms with Crippen molar-refractivity contribution in [1.29, 1.82) is 0 Å². The summed E-state index contributed by atoms with van der Waals surface area (Å²) in [5.74, 6) is 1.08. The van der Waals surface area contributed by atoms with Crippen molar-refractivity contribution in [1.82, 2.24) is 10.2 Å². The lowest BCUT2D eigenvalue weighted by Gasteiger charge is -2.26. The number of fused-ring (bicyclic) bond motifs is 2. The van der Waals surface area contributed by atoms with Gasteiger partial charge in [0.1, 0.15) is 0 Å². The predicted molar refractivity (Wildman–Crippen MR) is 85.7 cm³/mol. The molecule has 114 valence electrons. The van der Waals surface area contributed by atoms with E-state index in [1.807, 2.05) is 12.1 Å². The second kappa shape index (κ2) is 5.13. The van der Waals surface area contributed by atoms with Gasteiger partial charge in [0.25, 0.3) is 0 Å². The lowest BCUT2D eigenvalue weighted by atomic mass is 9.87. The first kappa shape index (κ1) is 15.1. The molecule has 0 bridgehead atoms. The molecule has 4 atom stereocenters. The summed E-state index contributed by atoms with van der Waals surface area (Å²) >= 11 is 6.19. The number of hydrogen-bond donors (Lipinski definition) is 3. The summed E-state index contributed by atoms with van der Waals surface area (Å²) in [5, 5.41) is 19.8. The summed E-state index contributed by atoms with van der Waals surface area (Å²) in [7, 11) is 0. The first-order valence-corrected chi connectivity index (χ1v) is 7.54. The molecule has 0 aliphatic heterocycles. The molecular weight excluding hydrogens is 309 g/mol. The number of benzene rings is 1. The van der Waals surface area contributed by atoms with Crippen LogP contribution in [0.2, 0.25) is 5.02 Å². The van der Waals surface area contributed by atoms with Crippen LogP contribution in [0, 0.1) is 11.8 Å². The SMILES string of the molecule is Cl.NC1C[C@@H]2CC(O)(c3cc(Cl)cc4[nH]ncc34)C[C@@H]2C1. The zero-order valence-corrected chi connectivity index (χ0v) is 13.1.